The van der Waals surface area contributed by atoms with E-state index in [4.69, 9.17) is 4.74 Å². The first-order valence-corrected chi connectivity index (χ1v) is 5.37. The molecule has 1 rings (SSSR count). The molecule has 0 amide bonds. The first-order chi connectivity index (χ1) is 8.26. The predicted octanol–water partition coefficient (Wildman–Crippen LogP) is 3.10. The number of methoxy groups -OCH3 is 1. The van der Waals surface area contributed by atoms with Gasteiger partial charge >= 0.3 is 6.18 Å². The van der Waals surface area contributed by atoms with Gasteiger partial charge < -0.3 is 4.74 Å². The molecule has 6 heteroatoms. The highest BCUT2D eigenvalue weighted by Gasteiger charge is 2.40. The van der Waals surface area contributed by atoms with Crippen LogP contribution < -0.4 is 0 Å². The number of alkyl halides is 3. The Balaban J connectivity index is 3.30. The summed E-state index contributed by atoms with van der Waals surface area (Å²) in [6, 6.07) is 0.791. The van der Waals surface area contributed by atoms with E-state index in [-0.39, 0.29) is 6.42 Å². The topological polar surface area (TPSA) is 39.2 Å². The number of nitrogens with zero attached hydrogens (tertiary/aromatic N) is 1. The van der Waals surface area contributed by atoms with Crippen molar-refractivity contribution in [2.45, 2.75) is 32.0 Å². The number of pyridine rings is 1. The van der Waals surface area contributed by atoms with Gasteiger partial charge in [-0.2, -0.15) is 13.2 Å². The van der Waals surface area contributed by atoms with Gasteiger partial charge in [0.25, 0.3) is 0 Å². The Morgan fingerprint density at radius 1 is 1.44 bits per heavy atom. The zero-order valence-electron chi connectivity index (χ0n) is 10.3. The fourth-order valence-corrected chi connectivity index (χ4v) is 1.51. The van der Waals surface area contributed by atoms with E-state index < -0.39 is 28.7 Å². The predicted molar refractivity (Wildman–Crippen MR) is 59.3 cm³/mol. The first-order valence-electron chi connectivity index (χ1n) is 5.37. The van der Waals surface area contributed by atoms with Gasteiger partial charge in [-0.25, -0.2) is 0 Å². The summed E-state index contributed by atoms with van der Waals surface area (Å²) < 4.78 is 43.4. The molecule has 0 aromatic carbocycles. The van der Waals surface area contributed by atoms with Crippen LogP contribution in [-0.4, -0.2) is 23.5 Å². The van der Waals surface area contributed by atoms with Crippen molar-refractivity contribution in [1.82, 2.24) is 4.98 Å². The minimum atomic E-state index is -4.59. The molecule has 3 nitrogen and oxygen atoms in total. The SMILES string of the molecule is CCC(C)(OC)C(=O)c1cnccc1C(F)(F)F. The lowest BCUT2D eigenvalue weighted by Crippen LogP contribution is -2.38. The van der Waals surface area contributed by atoms with E-state index in [1.165, 1.54) is 14.0 Å². The summed E-state index contributed by atoms with van der Waals surface area (Å²) >= 11 is 0. The van der Waals surface area contributed by atoms with Gasteiger partial charge in [-0.05, 0) is 19.4 Å². The van der Waals surface area contributed by atoms with Crippen LogP contribution in [0.3, 0.4) is 0 Å². The number of hydrogen-bond acceptors (Lipinski definition) is 3. The van der Waals surface area contributed by atoms with Crippen molar-refractivity contribution < 1.29 is 22.7 Å². The molecule has 0 spiro atoms. The van der Waals surface area contributed by atoms with E-state index in [0.29, 0.717) is 0 Å². The van der Waals surface area contributed by atoms with Crippen LogP contribution in [0.4, 0.5) is 13.2 Å². The van der Waals surface area contributed by atoms with Crippen molar-refractivity contribution in [3.8, 4) is 0 Å². The molecule has 1 atom stereocenters. The number of Topliss-reactive ketones (excluding diaryl/α,β-unsaturated/α-hetero) is 1. The number of aromatic nitrogens is 1. The normalized spacial score (nSPS) is 15.2. The molecule has 0 saturated carbocycles. The van der Waals surface area contributed by atoms with Crippen LogP contribution in [0.25, 0.3) is 0 Å². The standard InChI is InChI=1S/C12H14F3NO2/c1-4-11(2,18-3)10(17)8-7-16-6-5-9(8)12(13,14)15/h5-7H,4H2,1-3H3. The molecule has 1 unspecified atom stereocenters. The van der Waals surface area contributed by atoms with Gasteiger partial charge in [0.1, 0.15) is 5.60 Å². The lowest BCUT2D eigenvalue weighted by molar-refractivity contribution is -0.138. The molecule has 0 radical (unpaired) electrons. The van der Waals surface area contributed by atoms with Crippen LogP contribution in [0.1, 0.15) is 36.2 Å². The summed E-state index contributed by atoms with van der Waals surface area (Å²) in [4.78, 5) is 15.7. The van der Waals surface area contributed by atoms with Crippen LogP contribution in [-0.2, 0) is 10.9 Å². The molecule has 0 bridgehead atoms. The van der Waals surface area contributed by atoms with Gasteiger partial charge in [0.05, 0.1) is 11.1 Å². The lowest BCUT2D eigenvalue weighted by Gasteiger charge is -2.26. The molecule has 1 heterocycles. The molecule has 0 aliphatic heterocycles. The van der Waals surface area contributed by atoms with Crippen molar-refractivity contribution in [2.75, 3.05) is 7.11 Å². The molecule has 1 aromatic heterocycles. The summed E-state index contributed by atoms with van der Waals surface area (Å²) in [5.41, 5.74) is -2.72. The number of ether oxygens (including phenoxy) is 1. The van der Waals surface area contributed by atoms with Gasteiger partial charge in [-0.15, -0.1) is 0 Å². The van der Waals surface area contributed by atoms with E-state index in [9.17, 15) is 18.0 Å². The number of halogens is 3. The molecule has 1 aromatic rings. The Morgan fingerprint density at radius 2 is 2.06 bits per heavy atom. The first kappa shape index (κ1) is 14.6. The average Bonchev–Trinajstić information content (AvgIpc) is 2.36. The molecule has 100 valence electrons. The highest BCUT2D eigenvalue weighted by atomic mass is 19.4. The fraction of sp³-hybridized carbons (Fsp3) is 0.500. The van der Waals surface area contributed by atoms with Crippen LogP contribution in [0.5, 0.6) is 0 Å². The fourth-order valence-electron chi connectivity index (χ4n) is 1.51. The van der Waals surface area contributed by atoms with E-state index >= 15 is 0 Å². The molecule has 0 N–H and O–H groups in total. The maximum absolute atomic E-state index is 12.8. The number of hydrogen-bond donors (Lipinski definition) is 0. The Kier molecular flexibility index (Phi) is 4.11. The monoisotopic (exact) mass is 261 g/mol. The Labute approximate surface area is 103 Å². The highest BCUT2D eigenvalue weighted by Crippen LogP contribution is 2.33. The molecule has 18 heavy (non-hydrogen) atoms. The summed E-state index contributed by atoms with van der Waals surface area (Å²) in [7, 11) is 1.30. The second-order valence-electron chi connectivity index (χ2n) is 4.04. The average molecular weight is 261 g/mol. The van der Waals surface area contributed by atoms with E-state index in [2.05, 4.69) is 4.98 Å². The van der Waals surface area contributed by atoms with Gasteiger partial charge in [0.15, 0.2) is 5.78 Å². The Bertz CT molecular complexity index is 439. The Morgan fingerprint density at radius 3 is 2.50 bits per heavy atom. The Hall–Kier alpha value is -1.43. The molecule has 0 fully saturated rings. The lowest BCUT2D eigenvalue weighted by atomic mass is 9.90. The minimum Gasteiger partial charge on any atom is -0.370 e. The number of carbonyl (C=O) groups excluding carboxylic acids is 1. The van der Waals surface area contributed by atoms with Crippen molar-refractivity contribution in [3.63, 3.8) is 0 Å². The third-order valence-electron chi connectivity index (χ3n) is 2.98. The molecular formula is C12H14F3NO2. The van der Waals surface area contributed by atoms with Crippen molar-refractivity contribution >= 4 is 5.78 Å². The molecule has 0 aliphatic rings. The minimum absolute atomic E-state index is 0.272. The molecular weight excluding hydrogens is 247 g/mol. The summed E-state index contributed by atoms with van der Waals surface area (Å²) in [5.74, 6) is -0.715. The number of carbonyl (C=O) groups is 1. The maximum atomic E-state index is 12.8. The van der Waals surface area contributed by atoms with Crippen LogP contribution >= 0.6 is 0 Å². The molecule has 0 aliphatic carbocycles. The summed E-state index contributed by atoms with van der Waals surface area (Å²) in [6.45, 7) is 3.13. The van der Waals surface area contributed by atoms with Gasteiger partial charge in [-0.3, -0.25) is 9.78 Å². The number of rotatable bonds is 4. The third-order valence-corrected chi connectivity index (χ3v) is 2.98. The summed E-state index contributed by atoms with van der Waals surface area (Å²) in [6.07, 6.45) is -2.38. The maximum Gasteiger partial charge on any atom is 0.417 e. The van der Waals surface area contributed by atoms with E-state index in [1.807, 2.05) is 0 Å². The van der Waals surface area contributed by atoms with E-state index in [1.54, 1.807) is 6.92 Å². The second-order valence-corrected chi connectivity index (χ2v) is 4.04. The quantitative estimate of drug-likeness (QED) is 0.782. The second kappa shape index (κ2) is 5.06. The summed E-state index contributed by atoms with van der Waals surface area (Å²) in [5, 5.41) is 0. The van der Waals surface area contributed by atoms with Crippen LogP contribution in [0.15, 0.2) is 18.5 Å². The van der Waals surface area contributed by atoms with Crippen molar-refractivity contribution in [1.29, 1.82) is 0 Å². The van der Waals surface area contributed by atoms with Gasteiger partial charge in [-0.1, -0.05) is 6.92 Å². The van der Waals surface area contributed by atoms with E-state index in [0.717, 1.165) is 18.5 Å². The zero-order chi connectivity index (χ0) is 14.0. The smallest absolute Gasteiger partial charge is 0.370 e. The number of ketones is 1. The third kappa shape index (κ3) is 2.69. The molecule has 0 saturated heterocycles. The van der Waals surface area contributed by atoms with Gasteiger partial charge in [0.2, 0.25) is 0 Å². The largest absolute Gasteiger partial charge is 0.417 e. The van der Waals surface area contributed by atoms with Crippen molar-refractivity contribution in [2.24, 2.45) is 0 Å². The van der Waals surface area contributed by atoms with Crippen LogP contribution in [0, 0.1) is 0 Å². The highest BCUT2D eigenvalue weighted by molar-refractivity contribution is 6.03. The van der Waals surface area contributed by atoms with Gasteiger partial charge in [0, 0.05) is 19.5 Å². The van der Waals surface area contributed by atoms with Crippen molar-refractivity contribution in [3.05, 3.63) is 29.6 Å². The van der Waals surface area contributed by atoms with Crippen LogP contribution in [0.2, 0.25) is 0 Å². The zero-order valence-corrected chi connectivity index (χ0v) is 10.3.